The summed E-state index contributed by atoms with van der Waals surface area (Å²) in [5, 5.41) is 18.0. The van der Waals surface area contributed by atoms with Crippen LogP contribution in [0.2, 0.25) is 0 Å². The molecule has 0 heterocycles. The second kappa shape index (κ2) is 5.24. The standard InChI is InChI=1S/C11H14FNO5S/c1-7-3-4-8(5-9(7)12)19(17,18)13-6-11(2,16)10(14)15/h3-5,13,16H,6H2,1-2H3,(H,14,15). The van der Waals surface area contributed by atoms with E-state index in [0.717, 1.165) is 13.0 Å². The summed E-state index contributed by atoms with van der Waals surface area (Å²) in [5.74, 6) is -2.25. The van der Waals surface area contributed by atoms with E-state index in [9.17, 15) is 22.7 Å². The monoisotopic (exact) mass is 291 g/mol. The zero-order valence-electron chi connectivity index (χ0n) is 10.3. The Labute approximate surface area is 109 Å². The molecule has 19 heavy (non-hydrogen) atoms. The van der Waals surface area contributed by atoms with E-state index in [0.29, 0.717) is 0 Å². The van der Waals surface area contributed by atoms with Gasteiger partial charge in [-0.25, -0.2) is 22.3 Å². The molecule has 1 aromatic carbocycles. The van der Waals surface area contributed by atoms with Crippen LogP contribution >= 0.6 is 0 Å². The van der Waals surface area contributed by atoms with Crippen LogP contribution in [0.3, 0.4) is 0 Å². The van der Waals surface area contributed by atoms with Crippen molar-refractivity contribution in [3.63, 3.8) is 0 Å². The van der Waals surface area contributed by atoms with E-state index in [1.807, 2.05) is 4.72 Å². The normalized spacial score (nSPS) is 14.9. The maximum Gasteiger partial charge on any atom is 0.336 e. The highest BCUT2D eigenvalue weighted by Crippen LogP contribution is 2.14. The zero-order chi connectivity index (χ0) is 14.8. The first-order valence-electron chi connectivity index (χ1n) is 5.28. The van der Waals surface area contributed by atoms with Crippen LogP contribution in [0.15, 0.2) is 23.1 Å². The predicted molar refractivity (Wildman–Crippen MR) is 64.6 cm³/mol. The third kappa shape index (κ3) is 3.72. The molecule has 0 aliphatic rings. The van der Waals surface area contributed by atoms with Gasteiger partial charge in [-0.15, -0.1) is 0 Å². The van der Waals surface area contributed by atoms with Crippen molar-refractivity contribution in [3.05, 3.63) is 29.6 Å². The first-order valence-corrected chi connectivity index (χ1v) is 6.76. The van der Waals surface area contributed by atoms with Gasteiger partial charge in [0, 0.05) is 0 Å². The smallest absolute Gasteiger partial charge is 0.336 e. The Balaban J connectivity index is 2.93. The molecule has 0 aliphatic carbocycles. The molecule has 106 valence electrons. The van der Waals surface area contributed by atoms with Gasteiger partial charge < -0.3 is 10.2 Å². The fraction of sp³-hybridized carbons (Fsp3) is 0.364. The van der Waals surface area contributed by atoms with Crippen LogP contribution in [0.5, 0.6) is 0 Å². The van der Waals surface area contributed by atoms with E-state index in [1.54, 1.807) is 0 Å². The predicted octanol–water partition coefficient (Wildman–Crippen LogP) is 0.248. The van der Waals surface area contributed by atoms with E-state index in [4.69, 9.17) is 5.11 Å². The number of benzene rings is 1. The number of nitrogens with one attached hydrogen (secondary N) is 1. The topological polar surface area (TPSA) is 104 Å². The van der Waals surface area contributed by atoms with Crippen LogP contribution in [-0.2, 0) is 14.8 Å². The lowest BCUT2D eigenvalue weighted by Crippen LogP contribution is -2.46. The maximum absolute atomic E-state index is 13.3. The summed E-state index contributed by atoms with van der Waals surface area (Å²) >= 11 is 0. The first kappa shape index (κ1) is 15.5. The molecule has 0 bridgehead atoms. The first-order chi connectivity index (χ1) is 8.56. The minimum absolute atomic E-state index is 0.288. The molecule has 0 amide bonds. The van der Waals surface area contributed by atoms with Crippen molar-refractivity contribution in [2.24, 2.45) is 0 Å². The fourth-order valence-electron chi connectivity index (χ4n) is 1.14. The second-order valence-electron chi connectivity index (χ2n) is 4.31. The fourth-order valence-corrected chi connectivity index (χ4v) is 2.28. The van der Waals surface area contributed by atoms with E-state index in [1.165, 1.54) is 19.1 Å². The Morgan fingerprint density at radius 2 is 2.05 bits per heavy atom. The van der Waals surface area contributed by atoms with Crippen LogP contribution in [0.1, 0.15) is 12.5 Å². The van der Waals surface area contributed by atoms with Crippen molar-refractivity contribution in [1.29, 1.82) is 0 Å². The highest BCUT2D eigenvalue weighted by atomic mass is 32.2. The number of aliphatic carboxylic acids is 1. The summed E-state index contributed by atoms with van der Waals surface area (Å²) in [6, 6.07) is 3.31. The van der Waals surface area contributed by atoms with Crippen molar-refractivity contribution < 1.29 is 27.8 Å². The van der Waals surface area contributed by atoms with Crippen molar-refractivity contribution >= 4 is 16.0 Å². The van der Waals surface area contributed by atoms with Gasteiger partial charge in [0.2, 0.25) is 10.0 Å². The van der Waals surface area contributed by atoms with Crippen LogP contribution in [0.4, 0.5) is 4.39 Å². The molecule has 0 saturated heterocycles. The van der Waals surface area contributed by atoms with Gasteiger partial charge >= 0.3 is 5.97 Å². The molecular formula is C11H14FNO5S. The minimum Gasteiger partial charge on any atom is -0.479 e. The molecule has 0 radical (unpaired) electrons. The minimum atomic E-state index is -4.08. The molecule has 0 spiro atoms. The highest BCUT2D eigenvalue weighted by molar-refractivity contribution is 7.89. The number of carboxylic acid groups (broad SMARTS) is 1. The summed E-state index contributed by atoms with van der Waals surface area (Å²) in [5.41, 5.74) is -1.95. The molecule has 6 nitrogen and oxygen atoms in total. The molecule has 1 atom stereocenters. The molecule has 0 saturated carbocycles. The van der Waals surface area contributed by atoms with Crippen molar-refractivity contribution in [2.45, 2.75) is 24.3 Å². The number of aryl methyl sites for hydroxylation is 1. The lowest BCUT2D eigenvalue weighted by molar-refractivity contribution is -0.155. The van der Waals surface area contributed by atoms with Gasteiger partial charge in [-0.05, 0) is 31.5 Å². The molecular weight excluding hydrogens is 277 g/mol. The SMILES string of the molecule is Cc1ccc(S(=O)(=O)NCC(C)(O)C(=O)O)cc1F. The largest absolute Gasteiger partial charge is 0.479 e. The maximum atomic E-state index is 13.3. The van der Waals surface area contributed by atoms with Gasteiger partial charge in [-0.1, -0.05) is 6.07 Å². The Morgan fingerprint density at radius 1 is 1.47 bits per heavy atom. The number of carbonyl (C=O) groups is 1. The third-order valence-electron chi connectivity index (χ3n) is 2.52. The van der Waals surface area contributed by atoms with Gasteiger partial charge in [0.05, 0.1) is 11.4 Å². The van der Waals surface area contributed by atoms with Gasteiger partial charge in [0.1, 0.15) is 5.82 Å². The van der Waals surface area contributed by atoms with Crippen LogP contribution in [-0.4, -0.2) is 36.7 Å². The zero-order valence-corrected chi connectivity index (χ0v) is 11.2. The van der Waals surface area contributed by atoms with E-state index in [-0.39, 0.29) is 10.5 Å². The molecule has 3 N–H and O–H groups in total. The Kier molecular flexibility index (Phi) is 4.28. The summed E-state index contributed by atoms with van der Waals surface area (Å²) < 4.78 is 38.8. The third-order valence-corrected chi connectivity index (χ3v) is 3.92. The molecule has 0 aliphatic heterocycles. The van der Waals surface area contributed by atoms with Crippen LogP contribution < -0.4 is 4.72 Å². The quantitative estimate of drug-likeness (QED) is 0.721. The number of rotatable bonds is 5. The van der Waals surface area contributed by atoms with Gasteiger partial charge in [0.15, 0.2) is 5.60 Å². The van der Waals surface area contributed by atoms with Crippen LogP contribution in [0.25, 0.3) is 0 Å². The van der Waals surface area contributed by atoms with Crippen LogP contribution in [0, 0.1) is 12.7 Å². The van der Waals surface area contributed by atoms with E-state index >= 15 is 0 Å². The Morgan fingerprint density at radius 3 is 2.53 bits per heavy atom. The summed E-state index contributed by atoms with van der Waals surface area (Å²) in [4.78, 5) is 10.3. The van der Waals surface area contributed by atoms with Crippen molar-refractivity contribution in [3.8, 4) is 0 Å². The molecule has 1 unspecified atom stereocenters. The second-order valence-corrected chi connectivity index (χ2v) is 6.08. The number of hydrogen-bond acceptors (Lipinski definition) is 4. The number of halogens is 1. The van der Waals surface area contributed by atoms with Gasteiger partial charge in [-0.2, -0.15) is 0 Å². The number of carboxylic acids is 1. The number of sulfonamides is 1. The average molecular weight is 291 g/mol. The lowest BCUT2D eigenvalue weighted by Gasteiger charge is -2.18. The average Bonchev–Trinajstić information content (AvgIpc) is 2.30. The van der Waals surface area contributed by atoms with Crippen molar-refractivity contribution in [2.75, 3.05) is 6.54 Å². The molecule has 0 fully saturated rings. The summed E-state index contributed by atoms with van der Waals surface area (Å²) in [7, 11) is -4.08. The molecule has 1 aromatic rings. The number of hydrogen-bond donors (Lipinski definition) is 3. The summed E-state index contributed by atoms with van der Waals surface area (Å²) in [6.07, 6.45) is 0. The highest BCUT2D eigenvalue weighted by Gasteiger charge is 2.31. The van der Waals surface area contributed by atoms with E-state index < -0.39 is 34.0 Å². The van der Waals surface area contributed by atoms with Gasteiger partial charge in [-0.3, -0.25) is 0 Å². The number of aliphatic hydroxyl groups is 1. The molecule has 1 rings (SSSR count). The summed E-state index contributed by atoms with van der Waals surface area (Å²) in [6.45, 7) is 1.71. The molecule has 0 aromatic heterocycles. The Bertz CT molecular complexity index is 597. The van der Waals surface area contributed by atoms with E-state index in [2.05, 4.69) is 0 Å². The van der Waals surface area contributed by atoms with Gasteiger partial charge in [0.25, 0.3) is 0 Å². The lowest BCUT2D eigenvalue weighted by atomic mass is 10.1. The molecule has 8 heteroatoms. The Hall–Kier alpha value is -1.51. The van der Waals surface area contributed by atoms with Crippen molar-refractivity contribution in [1.82, 2.24) is 4.72 Å².